The molecular formula is C21H22N4. The highest BCUT2D eigenvalue weighted by atomic mass is 15.2. The van der Waals surface area contributed by atoms with Crippen LogP contribution in [0.2, 0.25) is 0 Å². The molecule has 1 aliphatic rings. The molecular weight excluding hydrogens is 308 g/mol. The Morgan fingerprint density at radius 1 is 1.08 bits per heavy atom. The van der Waals surface area contributed by atoms with Crippen molar-refractivity contribution in [3.63, 3.8) is 0 Å². The average molecular weight is 330 g/mol. The van der Waals surface area contributed by atoms with Gasteiger partial charge in [0.05, 0.1) is 6.04 Å². The van der Waals surface area contributed by atoms with E-state index in [0.29, 0.717) is 11.9 Å². The maximum absolute atomic E-state index is 4.85. The van der Waals surface area contributed by atoms with Crippen LogP contribution in [0.5, 0.6) is 0 Å². The number of hydrogen-bond acceptors (Lipinski definition) is 4. The Hall–Kier alpha value is -2.75. The Morgan fingerprint density at radius 3 is 2.72 bits per heavy atom. The number of benzene rings is 1. The van der Waals surface area contributed by atoms with Crippen molar-refractivity contribution in [2.75, 3.05) is 11.4 Å². The molecule has 4 rings (SSSR count). The van der Waals surface area contributed by atoms with Crippen molar-refractivity contribution >= 4 is 5.82 Å². The first-order valence-electron chi connectivity index (χ1n) is 8.90. The fraction of sp³-hybridized carbons (Fsp3) is 0.286. The molecule has 1 aromatic carbocycles. The topological polar surface area (TPSA) is 41.9 Å². The van der Waals surface area contributed by atoms with Gasteiger partial charge < -0.3 is 4.90 Å². The normalized spacial score (nSPS) is 16.6. The van der Waals surface area contributed by atoms with Crippen LogP contribution >= 0.6 is 0 Å². The Labute approximate surface area is 148 Å². The van der Waals surface area contributed by atoms with Crippen LogP contribution in [-0.4, -0.2) is 21.5 Å². The summed E-state index contributed by atoms with van der Waals surface area (Å²) in [7, 11) is 0. The number of nitrogens with zero attached hydrogens (tertiary/aromatic N) is 4. The predicted octanol–water partition coefficient (Wildman–Crippen LogP) is 4.22. The number of aromatic nitrogens is 3. The Morgan fingerprint density at radius 2 is 1.92 bits per heavy atom. The summed E-state index contributed by atoms with van der Waals surface area (Å²) < 4.78 is 0. The fourth-order valence-corrected chi connectivity index (χ4v) is 3.51. The van der Waals surface area contributed by atoms with Crippen molar-refractivity contribution in [3.05, 3.63) is 71.5 Å². The Balaban J connectivity index is 1.76. The molecule has 3 heterocycles. The minimum Gasteiger partial charge on any atom is -0.349 e. The van der Waals surface area contributed by atoms with Gasteiger partial charge in [0.2, 0.25) is 0 Å². The van der Waals surface area contributed by atoms with Crippen LogP contribution in [0, 0.1) is 0 Å². The highest BCUT2D eigenvalue weighted by molar-refractivity contribution is 5.55. The molecule has 25 heavy (non-hydrogen) atoms. The van der Waals surface area contributed by atoms with Crippen LogP contribution in [0.15, 0.2) is 54.7 Å². The third kappa shape index (κ3) is 3.00. The number of fused-ring (bicyclic) bond motifs is 1. The number of rotatable bonds is 3. The second-order valence-corrected chi connectivity index (χ2v) is 6.43. The van der Waals surface area contributed by atoms with Gasteiger partial charge in [0.25, 0.3) is 0 Å². The molecule has 0 spiro atoms. The van der Waals surface area contributed by atoms with Crippen molar-refractivity contribution in [2.24, 2.45) is 0 Å². The zero-order valence-electron chi connectivity index (χ0n) is 14.7. The summed E-state index contributed by atoms with van der Waals surface area (Å²) in [6.45, 7) is 5.36. The van der Waals surface area contributed by atoms with Gasteiger partial charge >= 0.3 is 0 Å². The summed E-state index contributed by atoms with van der Waals surface area (Å²) in [5, 5.41) is 0. The van der Waals surface area contributed by atoms with Gasteiger partial charge in [-0.2, -0.15) is 0 Å². The summed E-state index contributed by atoms with van der Waals surface area (Å²) in [4.78, 5) is 16.3. The first-order valence-corrected chi connectivity index (χ1v) is 8.90. The van der Waals surface area contributed by atoms with E-state index in [1.54, 1.807) is 6.20 Å². The van der Waals surface area contributed by atoms with E-state index in [-0.39, 0.29) is 0 Å². The van der Waals surface area contributed by atoms with Gasteiger partial charge in [-0.15, -0.1) is 0 Å². The van der Waals surface area contributed by atoms with E-state index >= 15 is 0 Å². The molecule has 1 atom stereocenters. The highest BCUT2D eigenvalue weighted by Gasteiger charge is 2.25. The Bertz CT molecular complexity index is 876. The molecule has 1 aliphatic heterocycles. The summed E-state index contributed by atoms with van der Waals surface area (Å²) in [6, 6.07) is 17.0. The van der Waals surface area contributed by atoms with Gasteiger partial charge in [-0.25, -0.2) is 9.97 Å². The van der Waals surface area contributed by atoms with Crippen LogP contribution in [0.3, 0.4) is 0 Å². The number of hydrogen-bond donors (Lipinski definition) is 0. The lowest BCUT2D eigenvalue weighted by Crippen LogP contribution is -2.34. The van der Waals surface area contributed by atoms with Gasteiger partial charge in [-0.05, 0) is 43.0 Å². The first kappa shape index (κ1) is 15.8. The molecule has 0 N–H and O–H groups in total. The zero-order valence-corrected chi connectivity index (χ0v) is 14.7. The molecule has 2 aromatic heterocycles. The van der Waals surface area contributed by atoms with Gasteiger partial charge in [0, 0.05) is 24.5 Å². The monoisotopic (exact) mass is 330 g/mol. The maximum Gasteiger partial charge on any atom is 0.180 e. The van der Waals surface area contributed by atoms with Gasteiger partial charge in [0.1, 0.15) is 11.5 Å². The molecule has 3 aromatic rings. The summed E-state index contributed by atoms with van der Waals surface area (Å²) in [5.41, 5.74) is 4.71. The summed E-state index contributed by atoms with van der Waals surface area (Å²) in [5.74, 6) is 1.70. The maximum atomic E-state index is 4.85. The molecule has 0 saturated carbocycles. The van der Waals surface area contributed by atoms with Crippen molar-refractivity contribution < 1.29 is 0 Å². The van der Waals surface area contributed by atoms with E-state index in [2.05, 4.69) is 59.0 Å². The minimum atomic E-state index is 0.307. The van der Waals surface area contributed by atoms with E-state index in [4.69, 9.17) is 4.98 Å². The van der Waals surface area contributed by atoms with Crippen LogP contribution < -0.4 is 4.90 Å². The largest absolute Gasteiger partial charge is 0.349 e. The molecule has 4 nitrogen and oxygen atoms in total. The minimum absolute atomic E-state index is 0.307. The third-order valence-corrected chi connectivity index (χ3v) is 4.91. The van der Waals surface area contributed by atoms with Gasteiger partial charge in [-0.1, -0.05) is 37.3 Å². The SMILES string of the molecule is CCc1cc(N2CCc3ccccc3C2C)nc(-c2ccccn2)n1. The molecule has 0 radical (unpaired) electrons. The van der Waals surface area contributed by atoms with Crippen LogP contribution in [0.25, 0.3) is 11.5 Å². The third-order valence-electron chi connectivity index (χ3n) is 4.91. The molecule has 0 fully saturated rings. The second kappa shape index (κ2) is 6.63. The summed E-state index contributed by atoms with van der Waals surface area (Å²) in [6.07, 6.45) is 3.72. The van der Waals surface area contributed by atoms with Gasteiger partial charge in [0.15, 0.2) is 5.82 Å². The molecule has 4 heteroatoms. The van der Waals surface area contributed by atoms with E-state index in [9.17, 15) is 0 Å². The van der Waals surface area contributed by atoms with Crippen molar-refractivity contribution in [3.8, 4) is 11.5 Å². The predicted molar refractivity (Wildman–Crippen MR) is 101 cm³/mol. The standard InChI is InChI=1S/C21H22N4/c1-3-17-14-20(24-21(23-17)19-10-6-7-12-22-19)25-13-11-16-8-4-5-9-18(16)15(25)2/h4-10,12,14-15H,3,11,13H2,1-2H3. The smallest absolute Gasteiger partial charge is 0.180 e. The van der Waals surface area contributed by atoms with Crippen LogP contribution in [0.4, 0.5) is 5.82 Å². The molecule has 0 amide bonds. The summed E-state index contributed by atoms with van der Waals surface area (Å²) >= 11 is 0. The Kier molecular flexibility index (Phi) is 4.18. The lowest BCUT2D eigenvalue weighted by Gasteiger charge is -2.36. The molecule has 0 bridgehead atoms. The van der Waals surface area contributed by atoms with Crippen LogP contribution in [0.1, 0.15) is 36.7 Å². The lowest BCUT2D eigenvalue weighted by molar-refractivity contribution is 0.616. The zero-order chi connectivity index (χ0) is 17.2. The lowest BCUT2D eigenvalue weighted by atomic mass is 9.93. The van der Waals surface area contributed by atoms with Crippen molar-refractivity contribution in [2.45, 2.75) is 32.7 Å². The van der Waals surface area contributed by atoms with E-state index in [0.717, 1.165) is 36.6 Å². The molecule has 0 saturated heterocycles. The number of anilines is 1. The van der Waals surface area contributed by atoms with Crippen molar-refractivity contribution in [1.82, 2.24) is 15.0 Å². The number of aryl methyl sites for hydroxylation is 1. The fourth-order valence-electron chi connectivity index (χ4n) is 3.51. The first-order chi connectivity index (χ1) is 12.3. The average Bonchev–Trinajstić information content (AvgIpc) is 2.69. The quantitative estimate of drug-likeness (QED) is 0.721. The molecule has 0 aliphatic carbocycles. The van der Waals surface area contributed by atoms with E-state index < -0.39 is 0 Å². The molecule has 126 valence electrons. The highest BCUT2D eigenvalue weighted by Crippen LogP contribution is 2.33. The van der Waals surface area contributed by atoms with Gasteiger partial charge in [-0.3, -0.25) is 4.98 Å². The number of pyridine rings is 1. The second-order valence-electron chi connectivity index (χ2n) is 6.43. The van der Waals surface area contributed by atoms with Crippen LogP contribution in [-0.2, 0) is 12.8 Å². The van der Waals surface area contributed by atoms with E-state index in [1.807, 2.05) is 18.2 Å². The van der Waals surface area contributed by atoms with E-state index in [1.165, 1.54) is 11.1 Å². The van der Waals surface area contributed by atoms with Crippen molar-refractivity contribution in [1.29, 1.82) is 0 Å². The molecule has 1 unspecified atom stereocenters.